The van der Waals surface area contributed by atoms with Crippen LogP contribution in [0.25, 0.3) is 0 Å². The quantitative estimate of drug-likeness (QED) is 0.810. The molecule has 1 rings (SSSR count). The minimum atomic E-state index is 0.591. The number of halogens is 2. The first-order chi connectivity index (χ1) is 6.56. The number of rotatable bonds is 3. The molecule has 0 spiro atoms. The number of hydrogen-bond acceptors (Lipinski definition) is 2. The maximum absolute atomic E-state index is 6.06. The molecule has 1 aromatic rings. The summed E-state index contributed by atoms with van der Waals surface area (Å²) < 4.78 is 0. The molecule has 0 aliphatic heterocycles. The fourth-order valence-corrected chi connectivity index (χ4v) is 2.19. The SMILES string of the molecule is CCCN(C)c1c(Cl)cc(N)cc1Cl. The summed E-state index contributed by atoms with van der Waals surface area (Å²) in [5.74, 6) is 0. The van der Waals surface area contributed by atoms with E-state index in [4.69, 9.17) is 28.9 Å². The highest BCUT2D eigenvalue weighted by Crippen LogP contribution is 2.35. The van der Waals surface area contributed by atoms with Crippen LogP contribution >= 0.6 is 23.2 Å². The molecule has 0 atom stereocenters. The largest absolute Gasteiger partial charge is 0.399 e. The molecule has 1 aromatic carbocycles. The second-order valence-electron chi connectivity index (χ2n) is 3.25. The second-order valence-corrected chi connectivity index (χ2v) is 4.07. The van der Waals surface area contributed by atoms with E-state index in [1.165, 1.54) is 0 Å². The Hall–Kier alpha value is -0.600. The molecule has 78 valence electrons. The predicted molar refractivity (Wildman–Crippen MR) is 64.4 cm³/mol. The summed E-state index contributed by atoms with van der Waals surface area (Å²) in [5, 5.41) is 1.21. The predicted octanol–water partition coefficient (Wildman–Crippen LogP) is 3.42. The van der Waals surface area contributed by atoms with E-state index in [9.17, 15) is 0 Å². The number of anilines is 2. The molecular weight excluding hydrogens is 219 g/mol. The molecule has 4 heteroatoms. The van der Waals surface area contributed by atoms with Crippen LogP contribution in [0.1, 0.15) is 13.3 Å². The minimum absolute atomic E-state index is 0.591. The van der Waals surface area contributed by atoms with Crippen molar-refractivity contribution in [3.05, 3.63) is 22.2 Å². The zero-order valence-corrected chi connectivity index (χ0v) is 9.86. The van der Waals surface area contributed by atoms with Gasteiger partial charge in [-0.15, -0.1) is 0 Å². The zero-order chi connectivity index (χ0) is 10.7. The maximum atomic E-state index is 6.06. The first-order valence-corrected chi connectivity index (χ1v) is 5.27. The molecule has 0 aliphatic carbocycles. The molecule has 2 N–H and O–H groups in total. The van der Waals surface area contributed by atoms with Crippen molar-refractivity contribution in [2.75, 3.05) is 24.2 Å². The van der Waals surface area contributed by atoms with E-state index in [1.54, 1.807) is 12.1 Å². The van der Waals surface area contributed by atoms with Gasteiger partial charge in [0.1, 0.15) is 0 Å². The highest BCUT2D eigenvalue weighted by atomic mass is 35.5. The van der Waals surface area contributed by atoms with Gasteiger partial charge in [-0.2, -0.15) is 0 Å². The van der Waals surface area contributed by atoms with Crippen molar-refractivity contribution in [3.63, 3.8) is 0 Å². The Morgan fingerprint density at radius 3 is 2.21 bits per heavy atom. The zero-order valence-electron chi connectivity index (χ0n) is 8.35. The molecule has 0 fully saturated rings. The lowest BCUT2D eigenvalue weighted by Crippen LogP contribution is -2.18. The lowest BCUT2D eigenvalue weighted by molar-refractivity contribution is 0.852. The number of nitrogens with zero attached hydrogens (tertiary/aromatic N) is 1. The smallest absolute Gasteiger partial charge is 0.0743 e. The Bertz CT molecular complexity index is 303. The van der Waals surface area contributed by atoms with Crippen LogP contribution in [0.15, 0.2) is 12.1 Å². The van der Waals surface area contributed by atoms with Crippen LogP contribution in [0.2, 0.25) is 10.0 Å². The molecule has 0 aliphatic rings. The average Bonchev–Trinajstić information content (AvgIpc) is 2.01. The highest BCUT2D eigenvalue weighted by Gasteiger charge is 2.10. The molecule has 0 unspecified atom stereocenters. The van der Waals surface area contributed by atoms with Gasteiger partial charge in [-0.25, -0.2) is 0 Å². The summed E-state index contributed by atoms with van der Waals surface area (Å²) in [5.41, 5.74) is 7.06. The van der Waals surface area contributed by atoms with E-state index in [2.05, 4.69) is 6.92 Å². The van der Waals surface area contributed by atoms with Crippen LogP contribution in [-0.4, -0.2) is 13.6 Å². The van der Waals surface area contributed by atoms with Gasteiger partial charge in [-0.1, -0.05) is 30.1 Å². The molecule has 0 heterocycles. The molecular formula is C10H14Cl2N2. The van der Waals surface area contributed by atoms with Crippen LogP contribution in [-0.2, 0) is 0 Å². The van der Waals surface area contributed by atoms with Crippen molar-refractivity contribution >= 4 is 34.6 Å². The molecule has 0 bridgehead atoms. The van der Waals surface area contributed by atoms with Crippen LogP contribution in [0.4, 0.5) is 11.4 Å². The van der Waals surface area contributed by atoms with Crippen molar-refractivity contribution in [2.45, 2.75) is 13.3 Å². The van der Waals surface area contributed by atoms with Gasteiger partial charge < -0.3 is 10.6 Å². The summed E-state index contributed by atoms with van der Waals surface area (Å²) in [6, 6.07) is 3.43. The van der Waals surface area contributed by atoms with Gasteiger partial charge >= 0.3 is 0 Å². The minimum Gasteiger partial charge on any atom is -0.399 e. The Balaban J connectivity index is 3.07. The third-order valence-electron chi connectivity index (χ3n) is 1.98. The van der Waals surface area contributed by atoms with E-state index < -0.39 is 0 Å². The summed E-state index contributed by atoms with van der Waals surface area (Å²) in [6.07, 6.45) is 1.05. The Kier molecular flexibility index (Phi) is 3.90. The molecule has 0 aromatic heterocycles. The molecule has 0 saturated heterocycles. The topological polar surface area (TPSA) is 29.3 Å². The normalized spacial score (nSPS) is 10.3. The van der Waals surface area contributed by atoms with Crippen LogP contribution < -0.4 is 10.6 Å². The first kappa shape index (κ1) is 11.5. The average molecular weight is 233 g/mol. The van der Waals surface area contributed by atoms with Crippen molar-refractivity contribution in [1.82, 2.24) is 0 Å². The van der Waals surface area contributed by atoms with Crippen molar-refractivity contribution in [1.29, 1.82) is 0 Å². The highest BCUT2D eigenvalue weighted by molar-refractivity contribution is 6.39. The number of benzene rings is 1. The van der Waals surface area contributed by atoms with Crippen LogP contribution in [0, 0.1) is 0 Å². The van der Waals surface area contributed by atoms with Gasteiger partial charge in [0.15, 0.2) is 0 Å². The fourth-order valence-electron chi connectivity index (χ4n) is 1.40. The van der Waals surface area contributed by atoms with E-state index >= 15 is 0 Å². The lowest BCUT2D eigenvalue weighted by Gasteiger charge is -2.21. The van der Waals surface area contributed by atoms with Crippen molar-refractivity contribution in [2.24, 2.45) is 0 Å². The Morgan fingerprint density at radius 2 is 1.79 bits per heavy atom. The number of hydrogen-bond donors (Lipinski definition) is 1. The van der Waals surface area contributed by atoms with Gasteiger partial charge in [-0.3, -0.25) is 0 Å². The first-order valence-electron chi connectivity index (χ1n) is 4.52. The molecule has 0 amide bonds. The Morgan fingerprint density at radius 1 is 1.29 bits per heavy atom. The number of nitrogen functional groups attached to an aromatic ring is 1. The summed E-state index contributed by atoms with van der Waals surface area (Å²) in [6.45, 7) is 3.03. The molecule has 14 heavy (non-hydrogen) atoms. The van der Waals surface area contributed by atoms with Gasteiger partial charge in [-0.05, 0) is 18.6 Å². The van der Waals surface area contributed by atoms with Crippen LogP contribution in [0.5, 0.6) is 0 Å². The second kappa shape index (κ2) is 4.76. The molecule has 2 nitrogen and oxygen atoms in total. The third-order valence-corrected chi connectivity index (χ3v) is 2.56. The summed E-state index contributed by atoms with van der Waals surface area (Å²) in [4.78, 5) is 2.03. The lowest BCUT2D eigenvalue weighted by atomic mass is 10.2. The summed E-state index contributed by atoms with van der Waals surface area (Å²) in [7, 11) is 1.97. The van der Waals surface area contributed by atoms with Crippen LogP contribution in [0.3, 0.4) is 0 Å². The van der Waals surface area contributed by atoms with E-state index in [0.29, 0.717) is 15.7 Å². The van der Waals surface area contributed by atoms with Crippen molar-refractivity contribution < 1.29 is 0 Å². The van der Waals surface area contributed by atoms with E-state index in [0.717, 1.165) is 18.7 Å². The molecule has 0 radical (unpaired) electrons. The number of nitrogens with two attached hydrogens (primary N) is 1. The Labute approximate surface area is 94.6 Å². The monoisotopic (exact) mass is 232 g/mol. The molecule has 0 saturated carbocycles. The van der Waals surface area contributed by atoms with Gasteiger partial charge in [0.2, 0.25) is 0 Å². The maximum Gasteiger partial charge on any atom is 0.0743 e. The van der Waals surface area contributed by atoms with E-state index in [-0.39, 0.29) is 0 Å². The van der Waals surface area contributed by atoms with Crippen molar-refractivity contribution in [3.8, 4) is 0 Å². The summed E-state index contributed by atoms with van der Waals surface area (Å²) >= 11 is 12.1. The third kappa shape index (κ3) is 2.46. The standard InChI is InChI=1S/C10H14Cl2N2/c1-3-4-14(2)10-8(11)5-7(13)6-9(10)12/h5-6H,3-4,13H2,1-2H3. The van der Waals surface area contributed by atoms with Gasteiger partial charge in [0.25, 0.3) is 0 Å². The fraction of sp³-hybridized carbons (Fsp3) is 0.400. The van der Waals surface area contributed by atoms with Gasteiger partial charge in [0.05, 0.1) is 15.7 Å². The van der Waals surface area contributed by atoms with E-state index in [1.807, 2.05) is 11.9 Å². The van der Waals surface area contributed by atoms with Gasteiger partial charge in [0, 0.05) is 19.3 Å².